The van der Waals surface area contributed by atoms with E-state index < -0.39 is 11.9 Å². The Morgan fingerprint density at radius 1 is 0.769 bits per heavy atom. The number of hydrogen-bond donors (Lipinski definition) is 4. The van der Waals surface area contributed by atoms with Gasteiger partial charge in [-0.3, -0.25) is 0 Å². The highest BCUT2D eigenvalue weighted by atomic mass is 35.5. The van der Waals surface area contributed by atoms with E-state index in [0.29, 0.717) is 48.0 Å². The molecule has 2 saturated heterocycles. The third kappa shape index (κ3) is 9.00. The number of benzene rings is 5. The zero-order valence-corrected chi connectivity index (χ0v) is 29.4. The second-order valence-corrected chi connectivity index (χ2v) is 13.8. The first-order valence-corrected chi connectivity index (χ1v) is 17.9. The molecule has 52 heavy (non-hydrogen) atoms. The quantitative estimate of drug-likeness (QED) is 0.114. The van der Waals surface area contributed by atoms with Gasteiger partial charge in [-0.1, -0.05) is 78.3 Å². The lowest BCUT2D eigenvalue weighted by Crippen LogP contribution is -2.46. The van der Waals surface area contributed by atoms with Crippen LogP contribution in [-0.2, 0) is 21.7 Å². The Kier molecular flexibility index (Phi) is 11.2. The number of anilines is 2. The van der Waals surface area contributed by atoms with Crippen molar-refractivity contribution in [3.05, 3.63) is 155 Å². The number of ether oxygens (including phenoxy) is 3. The van der Waals surface area contributed by atoms with Gasteiger partial charge >= 0.3 is 6.03 Å². The van der Waals surface area contributed by atoms with Crippen LogP contribution < -0.4 is 15.4 Å². The van der Waals surface area contributed by atoms with Crippen LogP contribution in [0.1, 0.15) is 53.9 Å². The summed E-state index contributed by atoms with van der Waals surface area (Å²) in [6.45, 7) is 2.13. The Bertz CT molecular complexity index is 1900. The number of carbonyl (C=O) groups is 1. The van der Waals surface area contributed by atoms with Crippen molar-refractivity contribution in [2.75, 3.05) is 30.3 Å². The van der Waals surface area contributed by atoms with Crippen LogP contribution in [0.15, 0.2) is 127 Å². The van der Waals surface area contributed by atoms with Crippen LogP contribution in [0, 0.1) is 0 Å². The summed E-state index contributed by atoms with van der Waals surface area (Å²) in [5.74, 6) is 1.41. The number of nitrogens with zero attached hydrogens (tertiary/aromatic N) is 1. The molecular formula is C42H42ClN3O6. The third-order valence-electron chi connectivity index (χ3n) is 9.67. The molecule has 7 rings (SSSR count). The van der Waals surface area contributed by atoms with Gasteiger partial charge in [-0.05, 0) is 90.2 Å². The molecule has 0 aromatic heterocycles. The molecule has 10 heteroatoms. The van der Waals surface area contributed by atoms with Crippen LogP contribution in [0.5, 0.6) is 11.5 Å². The van der Waals surface area contributed by atoms with Gasteiger partial charge in [-0.15, -0.1) is 0 Å². The second kappa shape index (κ2) is 16.3. The van der Waals surface area contributed by atoms with Gasteiger partial charge < -0.3 is 40.0 Å². The lowest BCUT2D eigenvalue weighted by Gasteiger charge is -2.42. The van der Waals surface area contributed by atoms with Gasteiger partial charge in [0, 0.05) is 48.0 Å². The topological polar surface area (TPSA) is 113 Å². The number of urea groups is 1. The first-order valence-electron chi connectivity index (χ1n) is 17.5. The van der Waals surface area contributed by atoms with E-state index in [1.807, 2.05) is 103 Å². The molecule has 0 radical (unpaired) electrons. The van der Waals surface area contributed by atoms with E-state index in [4.69, 9.17) is 25.8 Å². The molecule has 2 aliphatic rings. The summed E-state index contributed by atoms with van der Waals surface area (Å²) in [5.41, 5.74) is 3.95. The van der Waals surface area contributed by atoms with Crippen LogP contribution >= 0.6 is 11.6 Å². The minimum Gasteiger partial charge on any atom is -0.457 e. The molecule has 268 valence electrons. The van der Waals surface area contributed by atoms with Crippen molar-refractivity contribution in [1.82, 2.24) is 4.90 Å². The van der Waals surface area contributed by atoms with Crippen LogP contribution in [0.2, 0.25) is 5.02 Å². The van der Waals surface area contributed by atoms with E-state index in [2.05, 4.69) is 15.5 Å². The molecule has 0 aliphatic carbocycles. The van der Waals surface area contributed by atoms with Crippen molar-refractivity contribution in [3.8, 4) is 11.5 Å². The third-order valence-corrected chi connectivity index (χ3v) is 9.93. The molecule has 5 aromatic rings. The van der Waals surface area contributed by atoms with Gasteiger partial charge in [0.25, 0.3) is 0 Å². The average molecular weight is 720 g/mol. The monoisotopic (exact) mass is 719 g/mol. The fraction of sp³-hybridized carbons (Fsp3) is 0.262. The van der Waals surface area contributed by atoms with Crippen LogP contribution in [0.25, 0.3) is 0 Å². The number of nitrogens with one attached hydrogen (secondary N) is 2. The van der Waals surface area contributed by atoms with Gasteiger partial charge in [0.15, 0.2) is 6.29 Å². The number of aliphatic hydroxyl groups is 2. The maximum absolute atomic E-state index is 12.8. The number of piperidine rings is 1. The van der Waals surface area contributed by atoms with Crippen molar-refractivity contribution in [1.29, 1.82) is 0 Å². The largest absolute Gasteiger partial charge is 0.457 e. The van der Waals surface area contributed by atoms with E-state index in [0.717, 1.165) is 41.1 Å². The first-order chi connectivity index (χ1) is 25.3. The molecule has 0 bridgehead atoms. The Morgan fingerprint density at radius 3 is 2.00 bits per heavy atom. The normalized spacial score (nSPS) is 20.2. The van der Waals surface area contributed by atoms with E-state index in [-0.39, 0.29) is 24.8 Å². The number of halogens is 1. The van der Waals surface area contributed by atoms with Crippen molar-refractivity contribution in [2.24, 2.45) is 0 Å². The maximum atomic E-state index is 12.8. The van der Waals surface area contributed by atoms with Crippen LogP contribution in [-0.4, -0.2) is 46.9 Å². The predicted octanol–water partition coefficient (Wildman–Crippen LogP) is 8.80. The van der Waals surface area contributed by atoms with Crippen LogP contribution in [0.4, 0.5) is 16.2 Å². The zero-order chi connectivity index (χ0) is 35.9. The summed E-state index contributed by atoms with van der Waals surface area (Å²) in [4.78, 5) is 15.2. The molecule has 5 aromatic carbocycles. The molecule has 9 nitrogen and oxygen atoms in total. The number of amides is 2. The van der Waals surface area contributed by atoms with Gasteiger partial charge in [0.2, 0.25) is 0 Å². The van der Waals surface area contributed by atoms with Crippen molar-refractivity contribution >= 4 is 29.0 Å². The van der Waals surface area contributed by atoms with Gasteiger partial charge in [-0.2, -0.15) is 0 Å². The van der Waals surface area contributed by atoms with Crippen LogP contribution in [0.3, 0.4) is 0 Å². The fourth-order valence-electron chi connectivity index (χ4n) is 6.72. The molecule has 2 fully saturated rings. The number of rotatable bonds is 10. The molecule has 2 amide bonds. The van der Waals surface area contributed by atoms with Crippen molar-refractivity contribution in [2.45, 2.75) is 50.0 Å². The summed E-state index contributed by atoms with van der Waals surface area (Å²) in [7, 11) is 0. The van der Waals surface area contributed by atoms with Crippen molar-refractivity contribution in [3.63, 3.8) is 0 Å². The summed E-state index contributed by atoms with van der Waals surface area (Å²) >= 11 is 6.08. The first kappa shape index (κ1) is 35.7. The molecule has 2 heterocycles. The number of hydrogen-bond acceptors (Lipinski definition) is 7. The predicted molar refractivity (Wildman–Crippen MR) is 201 cm³/mol. The highest BCUT2D eigenvalue weighted by Gasteiger charge is 2.37. The van der Waals surface area contributed by atoms with E-state index in [9.17, 15) is 15.0 Å². The minimum absolute atomic E-state index is 0.0219. The van der Waals surface area contributed by atoms with Crippen molar-refractivity contribution < 1.29 is 29.2 Å². The summed E-state index contributed by atoms with van der Waals surface area (Å²) in [6, 6.07) is 39.1. The minimum atomic E-state index is -0.883. The highest BCUT2D eigenvalue weighted by molar-refractivity contribution is 6.30. The molecule has 4 N–H and O–H groups in total. The van der Waals surface area contributed by atoms with E-state index >= 15 is 0 Å². The van der Waals surface area contributed by atoms with Gasteiger partial charge in [0.1, 0.15) is 11.5 Å². The smallest absolute Gasteiger partial charge is 0.323 e. The number of aliphatic hydroxyl groups excluding tert-OH is 1. The second-order valence-electron chi connectivity index (χ2n) is 13.3. The van der Waals surface area contributed by atoms with E-state index in [1.54, 1.807) is 24.3 Å². The summed E-state index contributed by atoms with van der Waals surface area (Å²) < 4.78 is 18.9. The molecule has 0 spiro atoms. The standard InChI is InChI=1S/C42H42ClN3O6/c43-33-14-12-32(13-15-33)42(49)22-24-46(25-23-42)27-38-26-39(30-8-6-29(28-47)7-9-30)52-40(51-38)31-10-16-34(17-11-31)44-41(48)45-35-18-20-37(21-19-35)50-36-4-2-1-3-5-36/h1-21,38-40,47,49H,22-28H2,(H2,44,45,48). The Hall–Kier alpha value is -4.74. The Morgan fingerprint density at radius 2 is 1.37 bits per heavy atom. The maximum Gasteiger partial charge on any atom is 0.323 e. The summed E-state index contributed by atoms with van der Waals surface area (Å²) in [6.07, 6.45) is 0.909. The Labute approximate surface area is 308 Å². The number of carbonyl (C=O) groups excluding carboxylic acids is 1. The molecule has 3 unspecified atom stereocenters. The summed E-state index contributed by atoms with van der Waals surface area (Å²) in [5, 5.41) is 27.4. The lowest BCUT2D eigenvalue weighted by atomic mass is 9.84. The molecule has 2 aliphatic heterocycles. The lowest BCUT2D eigenvalue weighted by molar-refractivity contribution is -0.253. The van der Waals surface area contributed by atoms with Gasteiger partial charge in [0.05, 0.1) is 24.4 Å². The number of para-hydroxylation sites is 1. The molecule has 0 saturated carbocycles. The Balaban J connectivity index is 0.978. The van der Waals surface area contributed by atoms with Gasteiger partial charge in [-0.25, -0.2) is 4.79 Å². The molecular weight excluding hydrogens is 678 g/mol. The average Bonchev–Trinajstić information content (AvgIpc) is 3.17. The highest BCUT2D eigenvalue weighted by Crippen LogP contribution is 2.40. The zero-order valence-electron chi connectivity index (χ0n) is 28.7. The fourth-order valence-corrected chi connectivity index (χ4v) is 6.85. The molecule has 3 atom stereocenters. The SMILES string of the molecule is O=C(Nc1ccc(Oc2ccccc2)cc1)Nc1ccc(C2OC(CN3CCC(O)(c4ccc(Cl)cc4)CC3)CC(c3ccc(CO)cc3)O2)cc1. The number of likely N-dealkylation sites (tertiary alicyclic amines) is 1. The van der Waals surface area contributed by atoms with E-state index in [1.165, 1.54) is 0 Å².